The Morgan fingerprint density at radius 3 is 2.53 bits per heavy atom. The molecule has 3 N–H and O–H groups in total. The molecular formula is C12H22N2O5. The van der Waals surface area contributed by atoms with Gasteiger partial charge in [-0.2, -0.15) is 0 Å². The number of aliphatic hydroxyl groups is 1. The molecule has 2 amide bonds. The van der Waals surface area contributed by atoms with Gasteiger partial charge < -0.3 is 25.2 Å². The Hall–Kier alpha value is -1.34. The minimum atomic E-state index is -1.25. The zero-order valence-electron chi connectivity index (χ0n) is 11.4. The molecule has 0 radical (unpaired) electrons. The Morgan fingerprint density at radius 2 is 2.05 bits per heavy atom. The normalized spacial score (nSPS) is 20.2. The van der Waals surface area contributed by atoms with E-state index >= 15 is 0 Å². The van der Waals surface area contributed by atoms with E-state index in [0.717, 1.165) is 0 Å². The molecule has 7 nitrogen and oxygen atoms in total. The van der Waals surface area contributed by atoms with E-state index in [4.69, 9.17) is 4.74 Å². The van der Waals surface area contributed by atoms with Gasteiger partial charge in [0, 0.05) is 6.54 Å². The van der Waals surface area contributed by atoms with E-state index in [1.807, 2.05) is 0 Å². The van der Waals surface area contributed by atoms with Crippen LogP contribution in [0.25, 0.3) is 0 Å². The number of rotatable bonds is 5. The number of hydrogen-bond acceptors (Lipinski definition) is 4. The van der Waals surface area contributed by atoms with Crippen molar-refractivity contribution in [3.05, 3.63) is 0 Å². The molecule has 1 aliphatic heterocycles. The standard InChI is InChI=1S/C12H22N2O5/c1-3-12(4-2,10(16)17)13-11(18)14-5-6-19-8-9(14)7-15/h9,15H,3-8H2,1-2H3,(H,13,18)(H,16,17). The molecular weight excluding hydrogens is 252 g/mol. The molecule has 7 heteroatoms. The fourth-order valence-electron chi connectivity index (χ4n) is 2.13. The Kier molecular flexibility index (Phi) is 5.56. The van der Waals surface area contributed by atoms with Crippen LogP contribution in [-0.4, -0.2) is 65.1 Å². The minimum Gasteiger partial charge on any atom is -0.480 e. The molecule has 0 spiro atoms. The lowest BCUT2D eigenvalue weighted by Gasteiger charge is -2.37. The van der Waals surface area contributed by atoms with Crippen LogP contribution in [0.3, 0.4) is 0 Å². The number of amides is 2. The number of hydrogen-bond donors (Lipinski definition) is 3. The van der Waals surface area contributed by atoms with Gasteiger partial charge in [0.25, 0.3) is 0 Å². The third-order valence-corrected chi connectivity index (χ3v) is 3.66. The van der Waals surface area contributed by atoms with E-state index < -0.39 is 23.6 Å². The summed E-state index contributed by atoms with van der Waals surface area (Å²) in [5.74, 6) is -1.04. The maximum Gasteiger partial charge on any atom is 0.329 e. The maximum absolute atomic E-state index is 12.2. The highest BCUT2D eigenvalue weighted by Gasteiger charge is 2.39. The summed E-state index contributed by atoms with van der Waals surface area (Å²) in [6, 6.07) is -0.887. The molecule has 110 valence electrons. The largest absolute Gasteiger partial charge is 0.480 e. The van der Waals surface area contributed by atoms with Crippen molar-refractivity contribution in [3.63, 3.8) is 0 Å². The number of aliphatic hydroxyl groups excluding tert-OH is 1. The maximum atomic E-state index is 12.2. The SMILES string of the molecule is CCC(CC)(NC(=O)N1CCOCC1CO)C(=O)O. The molecule has 1 heterocycles. The summed E-state index contributed by atoms with van der Waals surface area (Å²) in [5.41, 5.74) is -1.25. The topological polar surface area (TPSA) is 99.1 Å². The van der Waals surface area contributed by atoms with Gasteiger partial charge in [0.05, 0.1) is 25.9 Å². The minimum absolute atomic E-state index is 0.203. The highest BCUT2D eigenvalue weighted by Crippen LogP contribution is 2.17. The lowest BCUT2D eigenvalue weighted by molar-refractivity contribution is -0.145. The van der Waals surface area contributed by atoms with Crippen LogP contribution in [0.2, 0.25) is 0 Å². The number of carboxylic acids is 1. The first-order valence-corrected chi connectivity index (χ1v) is 6.51. The second-order valence-corrected chi connectivity index (χ2v) is 4.63. The fraction of sp³-hybridized carbons (Fsp3) is 0.833. The first kappa shape index (κ1) is 15.7. The van der Waals surface area contributed by atoms with Gasteiger partial charge in [-0.3, -0.25) is 0 Å². The van der Waals surface area contributed by atoms with Crippen molar-refractivity contribution < 1.29 is 24.5 Å². The lowest BCUT2D eigenvalue weighted by atomic mass is 9.93. The molecule has 0 aliphatic carbocycles. The van der Waals surface area contributed by atoms with Crippen molar-refractivity contribution >= 4 is 12.0 Å². The lowest BCUT2D eigenvalue weighted by Crippen LogP contribution is -2.61. The molecule has 1 fully saturated rings. The number of nitrogens with zero attached hydrogens (tertiary/aromatic N) is 1. The predicted octanol–water partition coefficient (Wildman–Crippen LogP) is 0.0325. The summed E-state index contributed by atoms with van der Waals surface area (Å²) in [6.45, 7) is 4.25. The number of ether oxygens (including phenoxy) is 1. The highest BCUT2D eigenvalue weighted by molar-refractivity contribution is 5.86. The number of nitrogens with one attached hydrogen (secondary N) is 1. The average Bonchev–Trinajstić information content (AvgIpc) is 2.44. The Labute approximate surface area is 112 Å². The first-order valence-electron chi connectivity index (χ1n) is 6.51. The van der Waals surface area contributed by atoms with E-state index in [2.05, 4.69) is 5.32 Å². The number of carbonyl (C=O) groups is 2. The smallest absolute Gasteiger partial charge is 0.329 e. The quantitative estimate of drug-likeness (QED) is 0.657. The second kappa shape index (κ2) is 6.72. The monoisotopic (exact) mass is 274 g/mol. The van der Waals surface area contributed by atoms with E-state index in [9.17, 15) is 19.8 Å². The van der Waals surface area contributed by atoms with Crippen molar-refractivity contribution in [2.45, 2.75) is 38.3 Å². The van der Waals surface area contributed by atoms with Crippen LogP contribution in [0.4, 0.5) is 4.79 Å². The number of urea groups is 1. The Bertz CT molecular complexity index is 330. The third kappa shape index (κ3) is 3.36. The number of morpholine rings is 1. The van der Waals surface area contributed by atoms with Gasteiger partial charge in [0.2, 0.25) is 0 Å². The average molecular weight is 274 g/mol. The number of aliphatic carboxylic acids is 1. The molecule has 0 aromatic carbocycles. The summed E-state index contributed by atoms with van der Waals surface area (Å²) in [7, 11) is 0. The van der Waals surface area contributed by atoms with Crippen LogP contribution in [0, 0.1) is 0 Å². The van der Waals surface area contributed by atoms with E-state index in [1.54, 1.807) is 13.8 Å². The van der Waals surface area contributed by atoms with Crippen LogP contribution >= 0.6 is 0 Å². The fourth-order valence-corrected chi connectivity index (χ4v) is 2.13. The zero-order chi connectivity index (χ0) is 14.5. The molecule has 1 unspecified atom stereocenters. The zero-order valence-corrected chi connectivity index (χ0v) is 11.4. The predicted molar refractivity (Wildman–Crippen MR) is 67.9 cm³/mol. The molecule has 0 aromatic heterocycles. The summed E-state index contributed by atoms with van der Waals surface area (Å²) in [4.78, 5) is 25.0. The van der Waals surface area contributed by atoms with Crippen molar-refractivity contribution in [1.82, 2.24) is 10.2 Å². The van der Waals surface area contributed by atoms with Crippen molar-refractivity contribution in [2.75, 3.05) is 26.4 Å². The van der Waals surface area contributed by atoms with Crippen molar-refractivity contribution in [2.24, 2.45) is 0 Å². The van der Waals surface area contributed by atoms with Crippen molar-refractivity contribution in [1.29, 1.82) is 0 Å². The van der Waals surface area contributed by atoms with Crippen LogP contribution in [0.5, 0.6) is 0 Å². The van der Waals surface area contributed by atoms with Gasteiger partial charge in [0.1, 0.15) is 5.54 Å². The van der Waals surface area contributed by atoms with Gasteiger partial charge in [-0.15, -0.1) is 0 Å². The molecule has 0 bridgehead atoms. The van der Waals surface area contributed by atoms with Crippen LogP contribution in [0.15, 0.2) is 0 Å². The second-order valence-electron chi connectivity index (χ2n) is 4.63. The summed E-state index contributed by atoms with van der Waals surface area (Å²) >= 11 is 0. The Balaban J connectivity index is 2.78. The third-order valence-electron chi connectivity index (χ3n) is 3.66. The molecule has 1 saturated heterocycles. The molecule has 0 saturated carbocycles. The van der Waals surface area contributed by atoms with Crippen LogP contribution in [-0.2, 0) is 9.53 Å². The molecule has 1 atom stereocenters. The van der Waals surface area contributed by atoms with Gasteiger partial charge in [-0.05, 0) is 12.8 Å². The Morgan fingerprint density at radius 1 is 1.42 bits per heavy atom. The van der Waals surface area contributed by atoms with E-state index in [0.29, 0.717) is 26.0 Å². The molecule has 19 heavy (non-hydrogen) atoms. The van der Waals surface area contributed by atoms with E-state index in [-0.39, 0.29) is 13.2 Å². The van der Waals surface area contributed by atoms with Gasteiger partial charge in [0.15, 0.2) is 0 Å². The first-order chi connectivity index (χ1) is 9.00. The molecule has 0 aromatic rings. The van der Waals surface area contributed by atoms with Gasteiger partial charge >= 0.3 is 12.0 Å². The molecule has 1 rings (SSSR count). The summed E-state index contributed by atoms with van der Waals surface area (Å²) < 4.78 is 5.19. The van der Waals surface area contributed by atoms with Crippen LogP contribution < -0.4 is 5.32 Å². The van der Waals surface area contributed by atoms with Gasteiger partial charge in [-0.25, -0.2) is 9.59 Å². The summed E-state index contributed by atoms with van der Waals surface area (Å²) in [6.07, 6.45) is 0.609. The molecule has 1 aliphatic rings. The summed E-state index contributed by atoms with van der Waals surface area (Å²) in [5, 5.41) is 21.1. The van der Waals surface area contributed by atoms with E-state index in [1.165, 1.54) is 4.90 Å². The number of carboxylic acid groups (broad SMARTS) is 1. The van der Waals surface area contributed by atoms with Crippen LogP contribution in [0.1, 0.15) is 26.7 Å². The van der Waals surface area contributed by atoms with Crippen molar-refractivity contribution in [3.8, 4) is 0 Å². The van der Waals surface area contributed by atoms with Gasteiger partial charge in [-0.1, -0.05) is 13.8 Å². The highest BCUT2D eigenvalue weighted by atomic mass is 16.5. The number of carbonyl (C=O) groups excluding carboxylic acids is 1.